The molecule has 0 saturated carbocycles. The van der Waals surface area contributed by atoms with Crippen molar-refractivity contribution in [3.05, 3.63) is 64.7 Å². The third-order valence-corrected chi connectivity index (χ3v) is 5.79. The Morgan fingerprint density at radius 3 is 2.23 bits per heavy atom. The van der Waals surface area contributed by atoms with Gasteiger partial charge in [-0.25, -0.2) is 0 Å². The second-order valence-electron chi connectivity index (χ2n) is 8.09. The molecule has 1 N–H and O–H groups in total. The van der Waals surface area contributed by atoms with Gasteiger partial charge in [-0.1, -0.05) is 24.3 Å². The average Bonchev–Trinajstić information content (AvgIpc) is 2.70. The Bertz CT molecular complexity index is 872. The van der Waals surface area contributed by atoms with Crippen LogP contribution in [0.1, 0.15) is 22.3 Å². The molecule has 1 fully saturated rings. The monoisotopic (exact) mass is 420 g/mol. The molecule has 162 valence electrons. The number of alkyl halides is 3. The number of rotatable bonds is 5. The molecule has 7 heteroatoms. The molecule has 1 aliphatic heterocycles. The third kappa shape index (κ3) is 5.33. The highest BCUT2D eigenvalue weighted by atomic mass is 19.4. The molecule has 3 rings (SSSR count). The SMILES string of the molecule is Cc1cccc(N2CCN(C(=O)C[NH+](C)Cc3ccc(C(F)(F)F)cc3)CC2)c1C. The molecule has 1 saturated heterocycles. The lowest BCUT2D eigenvalue weighted by atomic mass is 10.1. The van der Waals surface area contributed by atoms with Crippen molar-refractivity contribution in [1.29, 1.82) is 0 Å². The van der Waals surface area contributed by atoms with Gasteiger partial charge in [-0.3, -0.25) is 4.79 Å². The lowest BCUT2D eigenvalue weighted by Crippen LogP contribution is -3.09. The Morgan fingerprint density at radius 2 is 1.63 bits per heavy atom. The van der Waals surface area contributed by atoms with Gasteiger partial charge in [0.25, 0.3) is 5.91 Å². The number of halogens is 3. The van der Waals surface area contributed by atoms with Crippen LogP contribution in [0, 0.1) is 13.8 Å². The van der Waals surface area contributed by atoms with Crippen molar-refractivity contribution in [1.82, 2.24) is 4.90 Å². The molecule has 1 aliphatic rings. The van der Waals surface area contributed by atoms with E-state index in [1.807, 2.05) is 11.9 Å². The normalized spacial score (nSPS) is 15.9. The number of likely N-dealkylation sites (N-methyl/N-ethyl adjacent to an activating group) is 1. The van der Waals surface area contributed by atoms with Gasteiger partial charge in [0.15, 0.2) is 6.54 Å². The van der Waals surface area contributed by atoms with E-state index in [9.17, 15) is 18.0 Å². The fraction of sp³-hybridized carbons (Fsp3) is 0.435. The number of carbonyl (C=O) groups is 1. The molecule has 0 aromatic heterocycles. The Kier molecular flexibility index (Phi) is 6.71. The molecule has 4 nitrogen and oxygen atoms in total. The van der Waals surface area contributed by atoms with Gasteiger partial charge < -0.3 is 14.7 Å². The van der Waals surface area contributed by atoms with E-state index in [1.165, 1.54) is 28.9 Å². The van der Waals surface area contributed by atoms with E-state index in [-0.39, 0.29) is 5.91 Å². The molecular weight excluding hydrogens is 391 g/mol. The van der Waals surface area contributed by atoms with Crippen molar-refractivity contribution in [2.45, 2.75) is 26.6 Å². The summed E-state index contributed by atoms with van der Waals surface area (Å²) in [5.74, 6) is 0.0834. The summed E-state index contributed by atoms with van der Waals surface area (Å²) in [6, 6.07) is 11.5. The van der Waals surface area contributed by atoms with Crippen LogP contribution in [0.15, 0.2) is 42.5 Å². The number of benzene rings is 2. The first-order valence-electron chi connectivity index (χ1n) is 10.2. The zero-order valence-electron chi connectivity index (χ0n) is 17.7. The van der Waals surface area contributed by atoms with Gasteiger partial charge in [0.1, 0.15) is 6.54 Å². The molecule has 0 radical (unpaired) electrons. The van der Waals surface area contributed by atoms with Crippen LogP contribution in [0.4, 0.5) is 18.9 Å². The highest BCUT2D eigenvalue weighted by Gasteiger charge is 2.30. The molecule has 0 aliphatic carbocycles. The number of amides is 1. The van der Waals surface area contributed by atoms with E-state index in [2.05, 4.69) is 36.9 Å². The number of hydrogen-bond acceptors (Lipinski definition) is 2. The molecule has 2 aromatic rings. The van der Waals surface area contributed by atoms with E-state index in [0.717, 1.165) is 35.7 Å². The van der Waals surface area contributed by atoms with E-state index in [4.69, 9.17) is 0 Å². The quantitative estimate of drug-likeness (QED) is 0.806. The predicted octanol–water partition coefficient (Wildman–Crippen LogP) is 2.69. The molecule has 30 heavy (non-hydrogen) atoms. The van der Waals surface area contributed by atoms with Gasteiger partial charge in [-0.15, -0.1) is 0 Å². The van der Waals surface area contributed by atoms with Gasteiger partial charge >= 0.3 is 6.18 Å². The molecule has 1 atom stereocenters. The van der Waals surface area contributed by atoms with Crippen LogP contribution < -0.4 is 9.80 Å². The van der Waals surface area contributed by atoms with E-state index < -0.39 is 11.7 Å². The summed E-state index contributed by atoms with van der Waals surface area (Å²) in [6.45, 7) is 8.02. The van der Waals surface area contributed by atoms with Crippen LogP contribution >= 0.6 is 0 Å². The van der Waals surface area contributed by atoms with Crippen molar-refractivity contribution in [2.24, 2.45) is 0 Å². The Hall–Kier alpha value is -2.54. The average molecular weight is 420 g/mol. The summed E-state index contributed by atoms with van der Waals surface area (Å²) < 4.78 is 38.0. The second kappa shape index (κ2) is 9.08. The summed E-state index contributed by atoms with van der Waals surface area (Å²) in [4.78, 5) is 17.9. The summed E-state index contributed by atoms with van der Waals surface area (Å²) >= 11 is 0. The standard InChI is InChI=1S/C23H28F3N3O/c1-17-5-4-6-21(18(17)2)28-11-13-29(14-12-28)22(30)16-27(3)15-19-7-9-20(10-8-19)23(24,25)26/h4-10H,11-16H2,1-3H3/p+1. The van der Waals surface area contributed by atoms with Gasteiger partial charge in [0, 0.05) is 37.4 Å². The van der Waals surface area contributed by atoms with E-state index in [0.29, 0.717) is 26.2 Å². The molecular formula is C23H29F3N3O+. The number of hydrogen-bond donors (Lipinski definition) is 1. The smallest absolute Gasteiger partial charge is 0.368 e. The number of nitrogens with zero attached hydrogens (tertiary/aromatic N) is 2. The Labute approximate surface area is 175 Å². The minimum atomic E-state index is -4.33. The molecule has 2 aromatic carbocycles. The first-order chi connectivity index (χ1) is 14.1. The first kappa shape index (κ1) is 22.2. The minimum absolute atomic E-state index is 0.0834. The van der Waals surface area contributed by atoms with Crippen LogP contribution in [0.2, 0.25) is 0 Å². The third-order valence-electron chi connectivity index (χ3n) is 5.79. The zero-order valence-corrected chi connectivity index (χ0v) is 17.7. The molecule has 1 heterocycles. The maximum Gasteiger partial charge on any atom is 0.416 e. The van der Waals surface area contributed by atoms with Crippen molar-refractivity contribution in [3.8, 4) is 0 Å². The fourth-order valence-corrected chi connectivity index (χ4v) is 3.87. The summed E-state index contributed by atoms with van der Waals surface area (Å²) in [5, 5.41) is 0. The number of anilines is 1. The largest absolute Gasteiger partial charge is 0.416 e. The number of quaternary nitrogens is 1. The van der Waals surface area contributed by atoms with Crippen molar-refractivity contribution in [3.63, 3.8) is 0 Å². The summed E-state index contributed by atoms with van der Waals surface area (Å²) in [6.07, 6.45) is -4.33. The zero-order chi connectivity index (χ0) is 21.9. The van der Waals surface area contributed by atoms with Gasteiger partial charge in [0.2, 0.25) is 0 Å². The first-order valence-corrected chi connectivity index (χ1v) is 10.2. The molecule has 0 bridgehead atoms. The van der Waals surface area contributed by atoms with Crippen molar-refractivity contribution in [2.75, 3.05) is 44.7 Å². The molecule has 1 amide bonds. The highest BCUT2D eigenvalue weighted by Crippen LogP contribution is 2.29. The number of piperazine rings is 1. The van der Waals surface area contributed by atoms with Gasteiger partial charge in [-0.2, -0.15) is 13.2 Å². The fourth-order valence-electron chi connectivity index (χ4n) is 3.87. The Morgan fingerprint density at radius 1 is 1.00 bits per heavy atom. The van der Waals surface area contributed by atoms with Crippen LogP contribution in [-0.4, -0.2) is 50.6 Å². The maximum atomic E-state index is 12.7. The summed E-state index contributed by atoms with van der Waals surface area (Å²) in [5.41, 5.74) is 3.90. The van der Waals surface area contributed by atoms with Crippen LogP contribution in [0.25, 0.3) is 0 Å². The summed E-state index contributed by atoms with van der Waals surface area (Å²) in [7, 11) is 1.89. The topological polar surface area (TPSA) is 28.0 Å². The number of aryl methyl sites for hydroxylation is 1. The van der Waals surface area contributed by atoms with Crippen molar-refractivity contribution >= 4 is 11.6 Å². The van der Waals surface area contributed by atoms with Gasteiger partial charge in [0.05, 0.1) is 12.6 Å². The van der Waals surface area contributed by atoms with Crippen molar-refractivity contribution < 1.29 is 22.9 Å². The minimum Gasteiger partial charge on any atom is -0.368 e. The maximum absolute atomic E-state index is 12.7. The highest BCUT2D eigenvalue weighted by molar-refractivity contribution is 5.77. The van der Waals surface area contributed by atoms with Crippen LogP contribution in [-0.2, 0) is 17.5 Å². The second-order valence-corrected chi connectivity index (χ2v) is 8.09. The molecule has 0 spiro atoms. The molecule has 1 unspecified atom stereocenters. The van der Waals surface area contributed by atoms with E-state index >= 15 is 0 Å². The number of nitrogens with one attached hydrogen (secondary N) is 1. The van der Waals surface area contributed by atoms with Crippen LogP contribution in [0.5, 0.6) is 0 Å². The number of carbonyl (C=O) groups excluding carboxylic acids is 1. The van der Waals surface area contributed by atoms with E-state index in [1.54, 1.807) is 0 Å². The Balaban J connectivity index is 1.50. The lowest BCUT2D eigenvalue weighted by Gasteiger charge is -2.37. The van der Waals surface area contributed by atoms with Crippen LogP contribution in [0.3, 0.4) is 0 Å². The van der Waals surface area contributed by atoms with Gasteiger partial charge in [-0.05, 0) is 43.2 Å². The lowest BCUT2D eigenvalue weighted by molar-refractivity contribution is -0.885. The predicted molar refractivity (Wildman–Crippen MR) is 112 cm³/mol.